The van der Waals surface area contributed by atoms with E-state index in [1.165, 1.54) is 0 Å². The Morgan fingerprint density at radius 3 is 2.75 bits per heavy atom. The molecule has 0 saturated carbocycles. The molecule has 1 saturated heterocycles. The standard InChI is InChI=1S/C16H13BrClFN4O/c17-12-9(2-1-5-20)8-11-14(13(12)19)21-16(18)22-15(11)23-6-3-10(24)4-7-23/h8H,1-4,6-7H2. The number of benzene rings is 1. The van der Waals surface area contributed by atoms with Gasteiger partial charge in [0.15, 0.2) is 5.82 Å². The minimum atomic E-state index is -0.515. The minimum absolute atomic E-state index is 0.0371. The normalized spacial score (nSPS) is 14.9. The Hall–Kier alpha value is -1.78. The maximum atomic E-state index is 14.7. The Balaban J connectivity index is 2.16. The molecule has 0 unspecified atom stereocenters. The van der Waals surface area contributed by atoms with Crippen LogP contribution in [-0.4, -0.2) is 28.8 Å². The molecule has 24 heavy (non-hydrogen) atoms. The largest absolute Gasteiger partial charge is 0.355 e. The van der Waals surface area contributed by atoms with Crippen molar-refractivity contribution in [1.29, 1.82) is 5.26 Å². The molecule has 0 spiro atoms. The van der Waals surface area contributed by atoms with Crippen molar-refractivity contribution >= 4 is 50.0 Å². The molecule has 2 heterocycles. The smallest absolute Gasteiger partial charge is 0.225 e. The molecule has 1 aliphatic rings. The molecule has 0 amide bonds. The molecular weight excluding hydrogens is 399 g/mol. The average molecular weight is 412 g/mol. The quantitative estimate of drug-likeness (QED) is 0.718. The summed E-state index contributed by atoms with van der Waals surface area (Å²) in [7, 11) is 0. The van der Waals surface area contributed by atoms with Crippen LogP contribution >= 0.6 is 27.5 Å². The van der Waals surface area contributed by atoms with Gasteiger partial charge in [-0.15, -0.1) is 0 Å². The van der Waals surface area contributed by atoms with Crippen molar-refractivity contribution in [2.24, 2.45) is 0 Å². The summed E-state index contributed by atoms with van der Waals surface area (Å²) < 4.78 is 15.0. The van der Waals surface area contributed by atoms with Crippen molar-refractivity contribution in [3.63, 3.8) is 0 Å². The van der Waals surface area contributed by atoms with Crippen molar-refractivity contribution in [2.45, 2.75) is 25.7 Å². The van der Waals surface area contributed by atoms with Gasteiger partial charge in [-0.25, -0.2) is 9.37 Å². The second-order valence-electron chi connectivity index (χ2n) is 5.56. The molecule has 2 aromatic rings. The Kier molecular flexibility index (Phi) is 4.97. The SMILES string of the molecule is N#CCCc1cc2c(N3CCC(=O)CC3)nc(Cl)nc2c(F)c1Br. The zero-order valence-electron chi connectivity index (χ0n) is 12.7. The molecular formula is C16H13BrClFN4O. The highest BCUT2D eigenvalue weighted by molar-refractivity contribution is 9.10. The van der Waals surface area contributed by atoms with Crippen LogP contribution < -0.4 is 4.90 Å². The predicted molar refractivity (Wildman–Crippen MR) is 92.6 cm³/mol. The molecule has 1 fully saturated rings. The van der Waals surface area contributed by atoms with Gasteiger partial charge in [-0.2, -0.15) is 10.2 Å². The number of carbonyl (C=O) groups excluding carboxylic acids is 1. The van der Waals surface area contributed by atoms with Crippen molar-refractivity contribution in [3.05, 3.63) is 27.2 Å². The van der Waals surface area contributed by atoms with Crippen molar-refractivity contribution in [3.8, 4) is 6.07 Å². The number of nitrogens with zero attached hydrogens (tertiary/aromatic N) is 4. The van der Waals surface area contributed by atoms with Gasteiger partial charge in [-0.1, -0.05) is 0 Å². The molecule has 5 nitrogen and oxygen atoms in total. The summed E-state index contributed by atoms with van der Waals surface area (Å²) in [6.45, 7) is 1.04. The zero-order chi connectivity index (χ0) is 17.3. The number of aromatic nitrogens is 2. The predicted octanol–water partition coefficient (Wildman–Crippen LogP) is 3.81. The summed E-state index contributed by atoms with van der Waals surface area (Å²) in [6, 6.07) is 3.85. The fourth-order valence-electron chi connectivity index (χ4n) is 2.80. The van der Waals surface area contributed by atoms with Gasteiger partial charge in [-0.05, 0) is 45.6 Å². The van der Waals surface area contributed by atoms with Crippen LogP contribution in [0, 0.1) is 17.1 Å². The molecule has 0 N–H and O–H groups in total. The Bertz CT molecular complexity index is 858. The van der Waals surface area contributed by atoms with Gasteiger partial charge < -0.3 is 4.90 Å². The average Bonchev–Trinajstić information content (AvgIpc) is 2.57. The van der Waals surface area contributed by atoms with Crippen molar-refractivity contribution in [1.82, 2.24) is 9.97 Å². The molecule has 1 aromatic carbocycles. The fourth-order valence-corrected chi connectivity index (χ4v) is 3.46. The maximum Gasteiger partial charge on any atom is 0.225 e. The van der Waals surface area contributed by atoms with E-state index in [4.69, 9.17) is 16.9 Å². The topological polar surface area (TPSA) is 69.9 Å². The lowest BCUT2D eigenvalue weighted by atomic mass is 10.0. The van der Waals surface area contributed by atoms with E-state index in [0.29, 0.717) is 53.6 Å². The maximum absolute atomic E-state index is 14.7. The third-order valence-corrected chi connectivity index (χ3v) is 5.05. The third-order valence-electron chi connectivity index (χ3n) is 4.03. The number of hydrogen-bond donors (Lipinski definition) is 0. The number of carbonyl (C=O) groups is 1. The Morgan fingerprint density at radius 1 is 1.38 bits per heavy atom. The lowest BCUT2D eigenvalue weighted by molar-refractivity contribution is -0.119. The van der Waals surface area contributed by atoms with Crippen LogP contribution in [0.25, 0.3) is 10.9 Å². The van der Waals surface area contributed by atoms with Crippen LogP contribution in [0.4, 0.5) is 10.2 Å². The van der Waals surface area contributed by atoms with E-state index >= 15 is 0 Å². The number of nitriles is 1. The van der Waals surface area contributed by atoms with E-state index in [1.54, 1.807) is 6.07 Å². The van der Waals surface area contributed by atoms with E-state index < -0.39 is 5.82 Å². The van der Waals surface area contributed by atoms with Crippen molar-refractivity contribution in [2.75, 3.05) is 18.0 Å². The first-order valence-corrected chi connectivity index (χ1v) is 8.66. The fraction of sp³-hybridized carbons (Fsp3) is 0.375. The van der Waals surface area contributed by atoms with Gasteiger partial charge in [0.2, 0.25) is 5.28 Å². The number of piperidine rings is 1. The van der Waals surface area contributed by atoms with Crippen molar-refractivity contribution < 1.29 is 9.18 Å². The van der Waals surface area contributed by atoms with Crippen LogP contribution in [0.1, 0.15) is 24.8 Å². The molecule has 0 bridgehead atoms. The van der Waals surface area contributed by atoms with Crippen LogP contribution in [0.3, 0.4) is 0 Å². The Morgan fingerprint density at radius 2 is 2.08 bits per heavy atom. The van der Waals surface area contributed by atoms with Crippen LogP contribution in [0.5, 0.6) is 0 Å². The molecule has 1 aliphatic heterocycles. The number of rotatable bonds is 3. The van der Waals surface area contributed by atoms with Gasteiger partial charge in [-0.3, -0.25) is 4.79 Å². The highest BCUT2D eigenvalue weighted by Gasteiger charge is 2.23. The summed E-state index contributed by atoms with van der Waals surface area (Å²) in [5.41, 5.74) is 0.816. The van der Waals surface area contributed by atoms with E-state index in [9.17, 15) is 9.18 Å². The number of fused-ring (bicyclic) bond motifs is 1. The Labute approximate surface area is 151 Å². The summed E-state index contributed by atoms with van der Waals surface area (Å²) >= 11 is 9.22. The van der Waals surface area contributed by atoms with Crippen LogP contribution in [0.2, 0.25) is 5.28 Å². The van der Waals surface area contributed by atoms with E-state index in [-0.39, 0.29) is 23.0 Å². The molecule has 0 atom stereocenters. The monoisotopic (exact) mass is 410 g/mol. The summed E-state index contributed by atoms with van der Waals surface area (Å²) in [4.78, 5) is 21.7. The molecule has 3 rings (SSSR count). The van der Waals surface area contributed by atoms with Gasteiger partial charge in [0.05, 0.1) is 10.5 Å². The second kappa shape index (κ2) is 6.99. The number of aryl methyl sites for hydroxylation is 1. The molecule has 124 valence electrons. The molecule has 0 aliphatic carbocycles. The van der Waals surface area contributed by atoms with E-state index in [1.807, 2.05) is 4.90 Å². The lowest BCUT2D eigenvalue weighted by Crippen LogP contribution is -2.34. The number of Topliss-reactive ketones (excluding diaryl/α,β-unsaturated/α-hetero) is 1. The number of ketones is 1. The highest BCUT2D eigenvalue weighted by atomic mass is 79.9. The first kappa shape index (κ1) is 17.1. The lowest BCUT2D eigenvalue weighted by Gasteiger charge is -2.28. The first-order valence-electron chi connectivity index (χ1n) is 7.49. The highest BCUT2D eigenvalue weighted by Crippen LogP contribution is 2.34. The summed E-state index contributed by atoms with van der Waals surface area (Å²) in [5, 5.41) is 9.29. The van der Waals surface area contributed by atoms with E-state index in [0.717, 1.165) is 0 Å². The molecule has 1 aromatic heterocycles. The van der Waals surface area contributed by atoms with Gasteiger partial charge in [0.1, 0.15) is 17.1 Å². The van der Waals surface area contributed by atoms with Crippen LogP contribution in [-0.2, 0) is 11.2 Å². The van der Waals surface area contributed by atoms with Gasteiger partial charge in [0, 0.05) is 37.7 Å². The summed E-state index contributed by atoms with van der Waals surface area (Å²) in [6.07, 6.45) is 1.57. The third kappa shape index (κ3) is 3.21. The van der Waals surface area contributed by atoms with E-state index in [2.05, 4.69) is 32.0 Å². The number of hydrogen-bond acceptors (Lipinski definition) is 5. The number of anilines is 1. The summed E-state index contributed by atoms with van der Waals surface area (Å²) in [5.74, 6) is 0.223. The second-order valence-corrected chi connectivity index (χ2v) is 6.69. The molecule has 0 radical (unpaired) electrons. The first-order chi connectivity index (χ1) is 11.5. The van der Waals surface area contributed by atoms with Gasteiger partial charge in [0.25, 0.3) is 0 Å². The number of halogens is 3. The van der Waals surface area contributed by atoms with Crippen LogP contribution in [0.15, 0.2) is 10.5 Å². The zero-order valence-corrected chi connectivity index (χ0v) is 15.0. The molecule has 8 heteroatoms. The van der Waals surface area contributed by atoms with Gasteiger partial charge >= 0.3 is 0 Å². The minimum Gasteiger partial charge on any atom is -0.355 e.